The van der Waals surface area contributed by atoms with Crippen LogP contribution in [0.5, 0.6) is 0 Å². The second-order valence-electron chi connectivity index (χ2n) is 6.69. The minimum atomic E-state index is -0.539. The number of amides is 1. The normalized spacial score (nSPS) is 17.9. The van der Waals surface area contributed by atoms with Crippen LogP contribution < -0.4 is 5.73 Å². The van der Waals surface area contributed by atoms with E-state index in [0.717, 1.165) is 12.8 Å². The Hall–Kier alpha value is -2.24. The molecule has 1 aromatic carbocycles. The number of anilines is 1. The van der Waals surface area contributed by atoms with Crippen molar-refractivity contribution >= 4 is 17.7 Å². The van der Waals surface area contributed by atoms with Crippen LogP contribution in [0.2, 0.25) is 0 Å². The fourth-order valence-electron chi connectivity index (χ4n) is 2.49. The predicted octanol–water partition coefficient (Wildman–Crippen LogP) is 2.83. The van der Waals surface area contributed by atoms with Crippen molar-refractivity contribution in [1.82, 2.24) is 4.90 Å². The maximum atomic E-state index is 12.2. The van der Waals surface area contributed by atoms with Gasteiger partial charge in [-0.2, -0.15) is 0 Å². The van der Waals surface area contributed by atoms with Crippen molar-refractivity contribution in [3.63, 3.8) is 0 Å². The van der Waals surface area contributed by atoms with E-state index >= 15 is 0 Å². The summed E-state index contributed by atoms with van der Waals surface area (Å²) in [5.41, 5.74) is 6.04. The smallest absolute Gasteiger partial charge is 0.410 e. The van der Waals surface area contributed by atoms with Gasteiger partial charge >= 0.3 is 12.1 Å². The fraction of sp³-hybridized carbons (Fsp3) is 0.529. The highest BCUT2D eigenvalue weighted by Crippen LogP contribution is 2.21. The minimum Gasteiger partial charge on any atom is -0.460 e. The quantitative estimate of drug-likeness (QED) is 0.684. The molecule has 0 spiro atoms. The lowest BCUT2D eigenvalue weighted by Crippen LogP contribution is -2.42. The van der Waals surface area contributed by atoms with E-state index in [9.17, 15) is 9.59 Å². The number of carbonyl (C=O) groups excluding carboxylic acids is 2. The first kappa shape index (κ1) is 17.1. The van der Waals surface area contributed by atoms with Crippen LogP contribution in [0.4, 0.5) is 10.5 Å². The summed E-state index contributed by atoms with van der Waals surface area (Å²) in [6.07, 6.45) is 1.31. The van der Waals surface area contributed by atoms with Gasteiger partial charge in [0.25, 0.3) is 0 Å². The van der Waals surface area contributed by atoms with E-state index in [4.69, 9.17) is 15.2 Å². The zero-order valence-electron chi connectivity index (χ0n) is 13.9. The summed E-state index contributed by atoms with van der Waals surface area (Å²) in [4.78, 5) is 25.9. The molecule has 1 atom stereocenters. The average Bonchev–Trinajstić information content (AvgIpc) is 2.91. The number of nitrogens with zero attached hydrogens (tertiary/aromatic N) is 1. The molecule has 126 valence electrons. The van der Waals surface area contributed by atoms with E-state index in [1.165, 1.54) is 0 Å². The molecule has 2 rings (SSSR count). The summed E-state index contributed by atoms with van der Waals surface area (Å²) >= 11 is 0. The topological polar surface area (TPSA) is 81.9 Å². The molecule has 1 fully saturated rings. The lowest BCUT2D eigenvalue weighted by atomic mass is 10.2. The number of rotatable bonds is 3. The Bertz CT molecular complexity index is 580. The van der Waals surface area contributed by atoms with Gasteiger partial charge in [-0.3, -0.25) is 0 Å². The van der Waals surface area contributed by atoms with Crippen LogP contribution in [0.1, 0.15) is 44.0 Å². The Morgan fingerprint density at radius 2 is 2.09 bits per heavy atom. The molecule has 23 heavy (non-hydrogen) atoms. The van der Waals surface area contributed by atoms with E-state index < -0.39 is 11.6 Å². The highest BCUT2D eigenvalue weighted by atomic mass is 16.6. The zero-order chi connectivity index (χ0) is 17.0. The molecular formula is C17H24N2O4. The molecule has 1 saturated heterocycles. The highest BCUT2D eigenvalue weighted by molar-refractivity contribution is 5.90. The molecule has 1 amide bonds. The molecule has 0 unspecified atom stereocenters. The molecular weight excluding hydrogens is 296 g/mol. The summed E-state index contributed by atoms with van der Waals surface area (Å²) in [6, 6.07) is 6.49. The number of likely N-dealkylation sites (tertiary alicyclic amines) is 1. The Morgan fingerprint density at radius 3 is 2.74 bits per heavy atom. The predicted molar refractivity (Wildman–Crippen MR) is 87.1 cm³/mol. The number of benzene rings is 1. The summed E-state index contributed by atoms with van der Waals surface area (Å²) in [7, 11) is 0. The fourth-order valence-corrected chi connectivity index (χ4v) is 2.49. The van der Waals surface area contributed by atoms with Gasteiger partial charge in [0.2, 0.25) is 0 Å². The third-order valence-electron chi connectivity index (χ3n) is 3.53. The first-order valence-corrected chi connectivity index (χ1v) is 7.78. The first-order chi connectivity index (χ1) is 10.8. The molecule has 0 aromatic heterocycles. The molecule has 2 N–H and O–H groups in total. The molecule has 1 aromatic rings. The van der Waals surface area contributed by atoms with E-state index in [-0.39, 0.29) is 18.7 Å². The Morgan fingerprint density at radius 1 is 1.35 bits per heavy atom. The van der Waals surface area contributed by atoms with Crippen LogP contribution in [0.25, 0.3) is 0 Å². The minimum absolute atomic E-state index is 0.144. The van der Waals surface area contributed by atoms with Crippen LogP contribution >= 0.6 is 0 Å². The lowest BCUT2D eigenvalue weighted by molar-refractivity contribution is 0.0106. The van der Waals surface area contributed by atoms with Gasteiger partial charge in [0.15, 0.2) is 0 Å². The number of nitrogens with two attached hydrogens (primary N) is 1. The van der Waals surface area contributed by atoms with Gasteiger partial charge in [-0.25, -0.2) is 9.59 Å². The average molecular weight is 320 g/mol. The zero-order valence-corrected chi connectivity index (χ0v) is 13.9. The number of nitrogen functional groups attached to an aromatic ring is 1. The number of ether oxygens (including phenoxy) is 2. The van der Waals surface area contributed by atoms with Crippen LogP contribution in [-0.4, -0.2) is 41.8 Å². The molecule has 1 aliphatic rings. The van der Waals surface area contributed by atoms with Crippen molar-refractivity contribution in [3.05, 3.63) is 29.8 Å². The summed E-state index contributed by atoms with van der Waals surface area (Å²) in [5.74, 6) is -0.437. The Balaban J connectivity index is 1.91. The van der Waals surface area contributed by atoms with Gasteiger partial charge in [0.05, 0.1) is 11.6 Å². The largest absolute Gasteiger partial charge is 0.460 e. The standard InChI is InChI=1S/C17H24N2O4/c1-17(2,3)23-16(21)19-9-5-8-14(19)11-22-15(20)12-6-4-7-13(18)10-12/h4,6-7,10,14H,5,8-9,11,18H2,1-3H3/t14-/m1/s1. The molecule has 6 heteroatoms. The molecule has 0 radical (unpaired) electrons. The van der Waals surface area contributed by atoms with Gasteiger partial charge in [-0.05, 0) is 51.8 Å². The van der Waals surface area contributed by atoms with Crippen LogP contribution in [0.15, 0.2) is 24.3 Å². The lowest BCUT2D eigenvalue weighted by Gasteiger charge is -2.28. The maximum absolute atomic E-state index is 12.2. The second-order valence-corrected chi connectivity index (χ2v) is 6.69. The van der Waals surface area contributed by atoms with Gasteiger partial charge in [-0.1, -0.05) is 6.07 Å². The number of hydrogen-bond acceptors (Lipinski definition) is 5. The first-order valence-electron chi connectivity index (χ1n) is 7.78. The summed E-state index contributed by atoms with van der Waals surface area (Å²) in [5, 5.41) is 0. The molecule has 0 saturated carbocycles. The van der Waals surface area contributed by atoms with Gasteiger partial charge in [0, 0.05) is 12.2 Å². The third-order valence-corrected chi connectivity index (χ3v) is 3.53. The van der Waals surface area contributed by atoms with E-state index in [2.05, 4.69) is 0 Å². The van der Waals surface area contributed by atoms with Crippen LogP contribution in [0, 0.1) is 0 Å². The second kappa shape index (κ2) is 6.89. The number of carbonyl (C=O) groups is 2. The highest BCUT2D eigenvalue weighted by Gasteiger charge is 2.33. The van der Waals surface area contributed by atoms with Crippen molar-refractivity contribution in [1.29, 1.82) is 0 Å². The molecule has 0 aliphatic carbocycles. The van der Waals surface area contributed by atoms with Crippen LogP contribution in [0.3, 0.4) is 0 Å². The van der Waals surface area contributed by atoms with Crippen molar-refractivity contribution in [2.24, 2.45) is 0 Å². The van der Waals surface area contributed by atoms with E-state index in [1.807, 2.05) is 20.8 Å². The summed E-state index contributed by atoms with van der Waals surface area (Å²) < 4.78 is 10.7. The Labute approximate surface area is 136 Å². The Kier molecular flexibility index (Phi) is 5.13. The third kappa shape index (κ3) is 4.87. The van der Waals surface area contributed by atoms with Crippen molar-refractivity contribution < 1.29 is 19.1 Å². The SMILES string of the molecule is CC(C)(C)OC(=O)N1CCC[C@@H]1COC(=O)c1cccc(N)c1. The molecule has 6 nitrogen and oxygen atoms in total. The van der Waals surface area contributed by atoms with Gasteiger partial charge in [-0.15, -0.1) is 0 Å². The number of hydrogen-bond donors (Lipinski definition) is 1. The maximum Gasteiger partial charge on any atom is 0.410 e. The van der Waals surface area contributed by atoms with E-state index in [0.29, 0.717) is 17.8 Å². The molecule has 1 aliphatic heterocycles. The van der Waals surface area contributed by atoms with Gasteiger partial charge < -0.3 is 20.1 Å². The number of esters is 1. The molecule has 1 heterocycles. The van der Waals surface area contributed by atoms with E-state index in [1.54, 1.807) is 29.2 Å². The van der Waals surface area contributed by atoms with Gasteiger partial charge in [0.1, 0.15) is 12.2 Å². The van der Waals surface area contributed by atoms with Crippen molar-refractivity contribution in [2.45, 2.75) is 45.3 Å². The van der Waals surface area contributed by atoms with Crippen molar-refractivity contribution in [2.75, 3.05) is 18.9 Å². The van der Waals surface area contributed by atoms with Crippen molar-refractivity contribution in [3.8, 4) is 0 Å². The monoisotopic (exact) mass is 320 g/mol. The van der Waals surface area contributed by atoms with Crippen LogP contribution in [-0.2, 0) is 9.47 Å². The summed E-state index contributed by atoms with van der Waals surface area (Å²) in [6.45, 7) is 6.27. The molecule has 0 bridgehead atoms.